The molecule has 0 atom stereocenters. The van der Waals surface area contributed by atoms with Gasteiger partial charge in [0.2, 0.25) is 0 Å². The number of amides is 4. The van der Waals surface area contributed by atoms with Crippen molar-refractivity contribution in [1.82, 2.24) is 9.80 Å². The minimum absolute atomic E-state index is 0.0507. The molecule has 1 heterocycles. The molecule has 34 heavy (non-hydrogen) atoms. The van der Waals surface area contributed by atoms with Crippen LogP contribution in [0, 0.1) is 0 Å². The van der Waals surface area contributed by atoms with E-state index in [1.54, 1.807) is 18.2 Å². The van der Waals surface area contributed by atoms with Crippen LogP contribution in [0.4, 0.5) is 4.79 Å². The topological polar surface area (TPSA) is 66.9 Å². The largest absolute Gasteiger partial charge is 0.496 e. The van der Waals surface area contributed by atoms with Crippen molar-refractivity contribution in [1.29, 1.82) is 0 Å². The second-order valence-corrected chi connectivity index (χ2v) is 7.97. The fourth-order valence-electron chi connectivity index (χ4n) is 3.93. The first-order valence-corrected chi connectivity index (χ1v) is 11.2. The van der Waals surface area contributed by atoms with Gasteiger partial charge in [-0.2, -0.15) is 0 Å². The first-order valence-electron chi connectivity index (χ1n) is 11.2. The molecule has 0 aliphatic carbocycles. The Morgan fingerprint density at radius 3 is 1.65 bits per heavy atom. The summed E-state index contributed by atoms with van der Waals surface area (Å²) in [5.74, 6) is -0.639. The molecule has 0 bridgehead atoms. The van der Waals surface area contributed by atoms with Crippen LogP contribution in [0.25, 0.3) is 6.08 Å². The average Bonchev–Trinajstić information content (AvgIpc) is 2.88. The molecule has 1 fully saturated rings. The van der Waals surface area contributed by atoms with Crippen LogP contribution in [0.2, 0.25) is 0 Å². The van der Waals surface area contributed by atoms with Gasteiger partial charge < -0.3 is 4.74 Å². The Morgan fingerprint density at radius 2 is 1.15 bits per heavy atom. The van der Waals surface area contributed by atoms with Crippen LogP contribution >= 0.6 is 0 Å². The molecular weight excluding hydrogens is 428 g/mol. The van der Waals surface area contributed by atoms with Crippen LogP contribution < -0.4 is 4.74 Å². The van der Waals surface area contributed by atoms with Gasteiger partial charge in [0.05, 0.1) is 7.11 Å². The monoisotopic (exact) mass is 454 g/mol. The Balaban J connectivity index is 1.65. The molecule has 1 aliphatic heterocycles. The summed E-state index contributed by atoms with van der Waals surface area (Å²) in [5, 5.41) is 0. The SMILES string of the molecule is COc1ccccc1C=C1C(=O)N(CCc2ccccc2)C(=O)N(CCc2ccccc2)C1=O. The van der Waals surface area contributed by atoms with Gasteiger partial charge in [-0.1, -0.05) is 78.9 Å². The Labute approximate surface area is 199 Å². The van der Waals surface area contributed by atoms with E-state index in [2.05, 4.69) is 0 Å². The quantitative estimate of drug-likeness (QED) is 0.375. The molecule has 1 saturated heterocycles. The van der Waals surface area contributed by atoms with E-state index in [1.165, 1.54) is 23.0 Å². The number of imide groups is 2. The van der Waals surface area contributed by atoms with Crippen LogP contribution in [-0.4, -0.2) is 47.8 Å². The molecule has 0 radical (unpaired) electrons. The first-order chi connectivity index (χ1) is 16.6. The highest BCUT2D eigenvalue weighted by atomic mass is 16.5. The van der Waals surface area contributed by atoms with Crippen LogP contribution in [0.3, 0.4) is 0 Å². The zero-order valence-electron chi connectivity index (χ0n) is 19.0. The number of urea groups is 1. The minimum Gasteiger partial charge on any atom is -0.496 e. The maximum Gasteiger partial charge on any atom is 0.333 e. The number of nitrogens with zero attached hydrogens (tertiary/aromatic N) is 2. The Kier molecular flexibility index (Phi) is 7.18. The predicted molar refractivity (Wildman–Crippen MR) is 130 cm³/mol. The third-order valence-electron chi connectivity index (χ3n) is 5.79. The zero-order valence-corrected chi connectivity index (χ0v) is 19.0. The summed E-state index contributed by atoms with van der Waals surface area (Å²) in [6.45, 7) is 0.361. The van der Waals surface area contributed by atoms with E-state index < -0.39 is 17.8 Å². The van der Waals surface area contributed by atoms with Crippen molar-refractivity contribution in [2.75, 3.05) is 20.2 Å². The number of carbonyl (C=O) groups excluding carboxylic acids is 3. The van der Waals surface area contributed by atoms with Gasteiger partial charge in [-0.25, -0.2) is 4.79 Å². The van der Waals surface area contributed by atoms with Gasteiger partial charge in [-0.05, 0) is 36.1 Å². The summed E-state index contributed by atoms with van der Waals surface area (Å²) in [6.07, 6.45) is 2.52. The summed E-state index contributed by atoms with van der Waals surface area (Å²) in [6, 6.07) is 25.8. The van der Waals surface area contributed by atoms with Crippen LogP contribution in [0.1, 0.15) is 16.7 Å². The van der Waals surface area contributed by atoms with Crippen molar-refractivity contribution in [2.24, 2.45) is 0 Å². The Morgan fingerprint density at radius 1 is 0.676 bits per heavy atom. The predicted octanol–water partition coefficient (Wildman–Crippen LogP) is 4.35. The highest BCUT2D eigenvalue weighted by Crippen LogP contribution is 2.25. The molecule has 1 aliphatic rings. The van der Waals surface area contributed by atoms with E-state index in [1.807, 2.05) is 66.7 Å². The number of methoxy groups -OCH3 is 1. The van der Waals surface area contributed by atoms with Gasteiger partial charge in [0.15, 0.2) is 0 Å². The number of carbonyl (C=O) groups is 3. The van der Waals surface area contributed by atoms with E-state index in [0.717, 1.165) is 11.1 Å². The smallest absolute Gasteiger partial charge is 0.333 e. The second kappa shape index (κ2) is 10.6. The molecule has 172 valence electrons. The summed E-state index contributed by atoms with van der Waals surface area (Å²) in [5.41, 5.74) is 2.56. The van der Waals surface area contributed by atoms with Gasteiger partial charge in [-0.15, -0.1) is 0 Å². The van der Waals surface area contributed by atoms with E-state index in [0.29, 0.717) is 24.2 Å². The van der Waals surface area contributed by atoms with E-state index >= 15 is 0 Å². The Bertz CT molecular complexity index is 1140. The molecule has 4 amide bonds. The van der Waals surface area contributed by atoms with Crippen molar-refractivity contribution in [3.63, 3.8) is 0 Å². The molecule has 4 rings (SSSR count). The van der Waals surface area contributed by atoms with Crippen molar-refractivity contribution in [2.45, 2.75) is 12.8 Å². The number of benzene rings is 3. The summed E-state index contributed by atoms with van der Waals surface area (Å²) >= 11 is 0. The highest BCUT2D eigenvalue weighted by Gasteiger charge is 2.41. The third kappa shape index (κ3) is 5.07. The first kappa shape index (κ1) is 23.0. The molecule has 3 aromatic carbocycles. The van der Waals surface area contributed by atoms with E-state index in [4.69, 9.17) is 4.74 Å². The minimum atomic E-state index is -0.590. The average molecular weight is 455 g/mol. The van der Waals surface area contributed by atoms with Crippen molar-refractivity contribution in [3.05, 3.63) is 107 Å². The van der Waals surface area contributed by atoms with Crippen LogP contribution in [0.5, 0.6) is 5.75 Å². The molecular formula is C28H26N2O4. The number of hydrogen-bond acceptors (Lipinski definition) is 4. The number of para-hydroxylation sites is 1. The molecule has 0 unspecified atom stereocenters. The molecule has 0 spiro atoms. The van der Waals surface area contributed by atoms with Crippen molar-refractivity contribution >= 4 is 23.9 Å². The molecule has 3 aromatic rings. The number of barbiturate groups is 1. The lowest BCUT2D eigenvalue weighted by Crippen LogP contribution is -2.57. The van der Waals surface area contributed by atoms with Gasteiger partial charge in [0, 0.05) is 18.7 Å². The third-order valence-corrected chi connectivity index (χ3v) is 5.79. The molecule has 0 N–H and O–H groups in total. The number of rotatable bonds is 8. The van der Waals surface area contributed by atoms with Gasteiger partial charge >= 0.3 is 6.03 Å². The fraction of sp³-hybridized carbons (Fsp3) is 0.179. The molecule has 6 heteroatoms. The lowest BCUT2D eigenvalue weighted by molar-refractivity contribution is -0.135. The van der Waals surface area contributed by atoms with Gasteiger partial charge in [0.25, 0.3) is 11.8 Å². The fourth-order valence-corrected chi connectivity index (χ4v) is 3.93. The molecule has 6 nitrogen and oxygen atoms in total. The van der Waals surface area contributed by atoms with Crippen molar-refractivity contribution < 1.29 is 19.1 Å². The number of hydrogen-bond donors (Lipinski definition) is 0. The molecule has 0 aromatic heterocycles. The number of ether oxygens (including phenoxy) is 1. The molecule has 0 saturated carbocycles. The summed E-state index contributed by atoms with van der Waals surface area (Å²) in [4.78, 5) is 42.3. The standard InChI is InChI=1S/C28H26N2O4/c1-34-25-15-9-8-14-23(25)20-24-26(31)29(18-16-21-10-4-2-5-11-21)28(33)30(27(24)32)19-17-22-12-6-3-7-13-22/h2-15,20H,16-19H2,1H3. The summed E-state index contributed by atoms with van der Waals surface area (Å²) < 4.78 is 5.38. The maximum absolute atomic E-state index is 13.3. The van der Waals surface area contributed by atoms with E-state index in [-0.39, 0.29) is 18.7 Å². The lowest BCUT2D eigenvalue weighted by Gasteiger charge is -2.34. The van der Waals surface area contributed by atoms with Gasteiger partial charge in [0.1, 0.15) is 11.3 Å². The normalized spacial score (nSPS) is 13.9. The lowest BCUT2D eigenvalue weighted by atomic mass is 10.0. The van der Waals surface area contributed by atoms with Crippen LogP contribution in [0.15, 0.2) is 90.5 Å². The van der Waals surface area contributed by atoms with Gasteiger partial charge in [-0.3, -0.25) is 19.4 Å². The van der Waals surface area contributed by atoms with Crippen molar-refractivity contribution in [3.8, 4) is 5.75 Å². The maximum atomic E-state index is 13.3. The second-order valence-electron chi connectivity index (χ2n) is 7.97. The van der Waals surface area contributed by atoms with E-state index in [9.17, 15) is 14.4 Å². The summed E-state index contributed by atoms with van der Waals surface area (Å²) in [7, 11) is 1.53. The Hall–Kier alpha value is -4.19. The van der Waals surface area contributed by atoms with Crippen LogP contribution in [-0.2, 0) is 22.4 Å². The highest BCUT2D eigenvalue weighted by molar-refractivity contribution is 6.31. The zero-order chi connectivity index (χ0) is 23.9.